The van der Waals surface area contributed by atoms with Crippen LogP contribution in [-0.4, -0.2) is 108 Å². The number of hydrogen-bond acceptors (Lipinski definition) is 10. The number of methoxy groups -OCH3 is 1. The van der Waals surface area contributed by atoms with E-state index in [0.717, 1.165) is 13.0 Å². The van der Waals surface area contributed by atoms with Crippen molar-refractivity contribution in [1.82, 2.24) is 29.7 Å². The number of alkyl halides is 1. The van der Waals surface area contributed by atoms with Crippen LogP contribution in [0.3, 0.4) is 0 Å². The van der Waals surface area contributed by atoms with Gasteiger partial charge in [-0.15, -0.1) is 0 Å². The summed E-state index contributed by atoms with van der Waals surface area (Å²) in [6.45, 7) is 3.64. The van der Waals surface area contributed by atoms with Crippen LogP contribution in [-0.2, 0) is 4.79 Å². The van der Waals surface area contributed by atoms with Gasteiger partial charge in [0.25, 0.3) is 0 Å². The predicted octanol–water partition coefficient (Wildman–Crippen LogP) is 4.97. The van der Waals surface area contributed by atoms with E-state index >= 15 is 4.39 Å². The van der Waals surface area contributed by atoms with Crippen LogP contribution in [0, 0.1) is 11.7 Å². The first-order valence-electron chi connectivity index (χ1n) is 15.9. The molecule has 11 nitrogen and oxygen atoms in total. The van der Waals surface area contributed by atoms with Crippen molar-refractivity contribution in [2.24, 2.45) is 10.9 Å². The molecule has 4 aromatic rings. The van der Waals surface area contributed by atoms with Gasteiger partial charge in [0, 0.05) is 76.1 Å². The number of carbonyl (C=O) groups excluding carboxylic acids is 1. The van der Waals surface area contributed by atoms with E-state index in [4.69, 9.17) is 22.1 Å². The zero-order chi connectivity index (χ0) is 33.9. The second-order valence-electron chi connectivity index (χ2n) is 12.3. The van der Waals surface area contributed by atoms with Crippen LogP contribution in [0.4, 0.5) is 20.4 Å². The van der Waals surface area contributed by atoms with Gasteiger partial charge in [0.2, 0.25) is 5.91 Å². The van der Waals surface area contributed by atoms with Crippen LogP contribution in [0.5, 0.6) is 6.01 Å². The largest absolute Gasteiger partial charge is 0.467 e. The molecule has 1 aromatic carbocycles. The fraction of sp³-hybridized carbons (Fsp3) is 0.412. The van der Waals surface area contributed by atoms with Crippen LogP contribution in [0.1, 0.15) is 19.3 Å². The van der Waals surface area contributed by atoms with Crippen molar-refractivity contribution < 1.29 is 18.3 Å². The van der Waals surface area contributed by atoms with Crippen molar-refractivity contribution in [3.8, 4) is 17.4 Å². The highest BCUT2D eigenvalue weighted by Crippen LogP contribution is 2.37. The standard InChI is InChI=1S/C27H26ClFN8O2.C7H12FN/c1-31-9-5-8-20(38)37-13-15(14-37)12-36(2)26-17-11-32-25(22(29)23(17)34-27(35-26)39-3)24-21-16(10-19(30)33-24)6-4-7-18(21)28;8-6-4-7-2-1-3-9(7)5-6/h4-11,15H,12-14H2,1-3H3,(H2,30,33);6-7H,1-5H2/b8-5+,31-9?;. The van der Waals surface area contributed by atoms with E-state index in [2.05, 4.69) is 29.8 Å². The number of ether oxygens (including phenoxy) is 1. The first kappa shape index (κ1) is 33.4. The topological polar surface area (TPSA) is 126 Å². The average Bonchev–Trinajstić information content (AvgIpc) is 3.63. The normalized spacial score (nSPS) is 19.6. The Morgan fingerprint density at radius 3 is 2.79 bits per heavy atom. The van der Waals surface area contributed by atoms with Gasteiger partial charge in [-0.25, -0.2) is 13.8 Å². The first-order chi connectivity index (χ1) is 23.2. The summed E-state index contributed by atoms with van der Waals surface area (Å²) in [5, 5.41) is 2.07. The van der Waals surface area contributed by atoms with Crippen molar-refractivity contribution in [1.29, 1.82) is 0 Å². The number of aliphatic imine (C=N–C) groups is 1. The number of fused-ring (bicyclic) bond motifs is 3. The fourth-order valence-electron chi connectivity index (χ4n) is 6.71. The lowest BCUT2D eigenvalue weighted by Gasteiger charge is -2.40. The molecule has 0 spiro atoms. The molecule has 14 heteroatoms. The molecule has 2 atom stereocenters. The lowest BCUT2D eigenvalue weighted by atomic mass is 9.99. The number of benzene rings is 1. The maximum Gasteiger partial charge on any atom is 0.318 e. The minimum Gasteiger partial charge on any atom is -0.467 e. The molecule has 0 radical (unpaired) electrons. The van der Waals surface area contributed by atoms with Crippen LogP contribution in [0.25, 0.3) is 33.1 Å². The van der Waals surface area contributed by atoms with E-state index < -0.39 is 12.0 Å². The van der Waals surface area contributed by atoms with Crippen LogP contribution in [0.15, 0.2) is 47.6 Å². The molecule has 3 aliphatic rings. The molecule has 0 bridgehead atoms. The molecule has 1 amide bonds. The van der Waals surface area contributed by atoms with Gasteiger partial charge in [-0.1, -0.05) is 23.7 Å². The summed E-state index contributed by atoms with van der Waals surface area (Å²) in [4.78, 5) is 39.5. The molecule has 3 saturated heterocycles. The number of nitrogen functional groups attached to an aromatic ring is 1. The molecule has 2 N–H and O–H groups in total. The van der Waals surface area contributed by atoms with Crippen LogP contribution in [0.2, 0.25) is 5.02 Å². The Hall–Kier alpha value is -4.49. The predicted molar refractivity (Wildman–Crippen MR) is 185 cm³/mol. The Morgan fingerprint density at radius 2 is 2.04 bits per heavy atom. The Morgan fingerprint density at radius 1 is 1.23 bits per heavy atom. The average molecular weight is 678 g/mol. The van der Waals surface area contributed by atoms with Crippen molar-refractivity contribution in [3.63, 3.8) is 0 Å². The fourth-order valence-corrected chi connectivity index (χ4v) is 6.98. The van der Waals surface area contributed by atoms with Gasteiger partial charge in [0.15, 0.2) is 5.82 Å². The summed E-state index contributed by atoms with van der Waals surface area (Å²) in [5.41, 5.74) is 6.24. The van der Waals surface area contributed by atoms with Gasteiger partial charge < -0.3 is 20.3 Å². The molecule has 0 aliphatic carbocycles. The lowest BCUT2D eigenvalue weighted by Crippen LogP contribution is -2.53. The van der Waals surface area contributed by atoms with Gasteiger partial charge in [-0.05, 0) is 49.4 Å². The second-order valence-corrected chi connectivity index (χ2v) is 12.7. The van der Waals surface area contributed by atoms with Crippen molar-refractivity contribution in [3.05, 3.63) is 53.5 Å². The monoisotopic (exact) mass is 677 g/mol. The number of halogens is 3. The molecule has 3 fully saturated rings. The molecule has 252 valence electrons. The van der Waals surface area contributed by atoms with Gasteiger partial charge in [0.05, 0.1) is 17.5 Å². The molecule has 0 saturated carbocycles. The van der Waals surface area contributed by atoms with E-state index in [1.54, 1.807) is 42.4 Å². The number of aromatic nitrogens is 4. The van der Waals surface area contributed by atoms with Gasteiger partial charge in [-0.3, -0.25) is 19.7 Å². The highest BCUT2D eigenvalue weighted by Gasteiger charge is 2.35. The zero-order valence-electron chi connectivity index (χ0n) is 27.1. The smallest absolute Gasteiger partial charge is 0.318 e. The van der Waals surface area contributed by atoms with Crippen molar-refractivity contribution >= 4 is 57.0 Å². The van der Waals surface area contributed by atoms with E-state index in [-0.39, 0.29) is 40.6 Å². The summed E-state index contributed by atoms with van der Waals surface area (Å²) in [5.74, 6) is 0.130. The summed E-state index contributed by atoms with van der Waals surface area (Å²) in [6, 6.07) is 7.61. The Kier molecular flexibility index (Phi) is 9.97. The van der Waals surface area contributed by atoms with Crippen molar-refractivity contribution in [2.45, 2.75) is 31.5 Å². The number of likely N-dealkylation sites (tertiary alicyclic amines) is 1. The third-order valence-electron chi connectivity index (χ3n) is 8.97. The Balaban J connectivity index is 0.000000381. The van der Waals surface area contributed by atoms with Crippen LogP contribution >= 0.6 is 11.6 Å². The number of hydrogen-bond donors (Lipinski definition) is 1. The van der Waals surface area contributed by atoms with E-state index in [1.807, 2.05) is 18.0 Å². The molecule has 3 aromatic heterocycles. The Labute approximate surface area is 282 Å². The minimum atomic E-state index is -0.690. The van der Waals surface area contributed by atoms with Gasteiger partial charge in [-0.2, -0.15) is 9.97 Å². The van der Waals surface area contributed by atoms with E-state index in [1.165, 1.54) is 32.2 Å². The molecule has 3 aliphatic heterocycles. The summed E-state index contributed by atoms with van der Waals surface area (Å²) >= 11 is 6.46. The zero-order valence-corrected chi connectivity index (χ0v) is 27.9. The number of rotatable bonds is 7. The number of nitrogens with zero attached hydrogens (tertiary/aromatic N) is 8. The number of carbonyl (C=O) groups is 1. The third kappa shape index (κ3) is 6.88. The SMILES string of the molecule is CN=C/C=C/C(=O)N1CC(CN(C)c2nc(OC)nc3c(F)c(-c4nc(N)cc5cccc(Cl)c45)ncc23)C1.FC1CC2CCCN2C1. The number of pyridine rings is 2. The molecule has 48 heavy (non-hydrogen) atoms. The quantitative estimate of drug-likeness (QED) is 0.213. The van der Waals surface area contributed by atoms with E-state index in [0.29, 0.717) is 59.2 Å². The highest BCUT2D eigenvalue weighted by atomic mass is 35.5. The number of allylic oxidation sites excluding steroid dienone is 1. The highest BCUT2D eigenvalue weighted by molar-refractivity contribution is 6.36. The Bertz CT molecular complexity index is 1870. The van der Waals surface area contributed by atoms with Crippen LogP contribution < -0.4 is 15.4 Å². The minimum absolute atomic E-state index is 0.0111. The summed E-state index contributed by atoms with van der Waals surface area (Å²) in [7, 11) is 4.91. The maximum absolute atomic E-state index is 16.1. The third-order valence-corrected chi connectivity index (χ3v) is 9.29. The summed E-state index contributed by atoms with van der Waals surface area (Å²) < 4.78 is 34.0. The molecule has 6 heterocycles. The maximum atomic E-state index is 16.1. The van der Waals surface area contributed by atoms with Crippen molar-refractivity contribution in [2.75, 3.05) is 64.6 Å². The first-order valence-corrected chi connectivity index (χ1v) is 16.3. The van der Waals surface area contributed by atoms with Gasteiger partial charge in [0.1, 0.15) is 34.7 Å². The second kappa shape index (κ2) is 14.3. The lowest BCUT2D eigenvalue weighted by molar-refractivity contribution is -0.131. The number of anilines is 2. The number of nitrogens with two attached hydrogens (primary N) is 1. The van der Waals surface area contributed by atoms with E-state index in [9.17, 15) is 9.18 Å². The summed E-state index contributed by atoms with van der Waals surface area (Å²) in [6.07, 6.45) is 9.01. The molecular formula is C34H38ClF2N9O2. The molecule has 2 unspecified atom stereocenters. The molecular weight excluding hydrogens is 640 g/mol. The number of amides is 1. The molecule has 7 rings (SSSR count). The van der Waals surface area contributed by atoms with Gasteiger partial charge >= 0.3 is 6.01 Å².